The van der Waals surface area contributed by atoms with Crippen molar-refractivity contribution >= 4 is 11.6 Å². The number of hydrogen-bond donors (Lipinski definition) is 3. The van der Waals surface area contributed by atoms with Crippen molar-refractivity contribution in [2.75, 3.05) is 12.8 Å². The lowest BCUT2D eigenvalue weighted by molar-refractivity contribution is -0.0689. The molecule has 5 heteroatoms. The van der Waals surface area contributed by atoms with E-state index in [1.807, 2.05) is 13.8 Å². The minimum atomic E-state index is -0.375. The number of benzene rings is 1. The molecule has 1 aliphatic carbocycles. The van der Waals surface area contributed by atoms with Crippen LogP contribution in [0.2, 0.25) is 0 Å². The Balaban J connectivity index is 2.14. The predicted octanol–water partition coefficient (Wildman–Crippen LogP) is 1.17. The molecular weight excluding hydrogens is 244 g/mol. The van der Waals surface area contributed by atoms with Crippen LogP contribution in [0.4, 0.5) is 5.69 Å². The molecule has 2 atom stereocenters. The summed E-state index contributed by atoms with van der Waals surface area (Å²) in [5.41, 5.74) is 6.32. The molecule has 2 unspecified atom stereocenters. The molecule has 1 aromatic rings. The van der Waals surface area contributed by atoms with Gasteiger partial charge in [-0.15, -0.1) is 0 Å². The highest BCUT2D eigenvalue weighted by Crippen LogP contribution is 2.40. The van der Waals surface area contributed by atoms with Gasteiger partial charge in [-0.25, -0.2) is 0 Å². The third-order valence-electron chi connectivity index (χ3n) is 4.05. The van der Waals surface area contributed by atoms with Crippen molar-refractivity contribution in [2.24, 2.45) is 5.41 Å². The second-order valence-electron chi connectivity index (χ2n) is 5.52. The van der Waals surface area contributed by atoms with Gasteiger partial charge >= 0.3 is 0 Å². The van der Waals surface area contributed by atoms with Gasteiger partial charge in [0.1, 0.15) is 5.75 Å². The maximum absolute atomic E-state index is 12.2. The average molecular weight is 264 g/mol. The highest BCUT2D eigenvalue weighted by Gasteiger charge is 2.48. The molecule has 1 amide bonds. The zero-order chi connectivity index (χ0) is 14.2. The van der Waals surface area contributed by atoms with Crippen molar-refractivity contribution in [3.8, 4) is 5.75 Å². The lowest BCUT2D eigenvalue weighted by Gasteiger charge is -2.49. The fraction of sp³-hybridized carbons (Fsp3) is 0.500. The Bertz CT molecular complexity index is 499. The number of methoxy groups -OCH3 is 1. The van der Waals surface area contributed by atoms with E-state index >= 15 is 0 Å². The first-order valence-corrected chi connectivity index (χ1v) is 6.29. The summed E-state index contributed by atoms with van der Waals surface area (Å²) in [4.78, 5) is 12.2. The highest BCUT2D eigenvalue weighted by molar-refractivity contribution is 6.00. The molecular formula is C14H20N2O3. The number of nitrogens with two attached hydrogens (primary N) is 1. The molecule has 104 valence electrons. The average Bonchev–Trinajstić information content (AvgIpc) is 2.38. The molecule has 1 saturated carbocycles. The smallest absolute Gasteiger partial charge is 0.253 e. The van der Waals surface area contributed by atoms with Gasteiger partial charge in [-0.1, -0.05) is 19.9 Å². The van der Waals surface area contributed by atoms with Crippen molar-refractivity contribution in [3.63, 3.8) is 0 Å². The van der Waals surface area contributed by atoms with E-state index in [1.54, 1.807) is 18.2 Å². The van der Waals surface area contributed by atoms with Gasteiger partial charge in [0.2, 0.25) is 0 Å². The van der Waals surface area contributed by atoms with Crippen LogP contribution in [0, 0.1) is 5.41 Å². The number of anilines is 1. The Labute approximate surface area is 112 Å². The van der Waals surface area contributed by atoms with Crippen LogP contribution in [0.5, 0.6) is 5.75 Å². The maximum atomic E-state index is 12.2. The van der Waals surface area contributed by atoms with Gasteiger partial charge in [-0.2, -0.15) is 0 Å². The third kappa shape index (κ3) is 2.26. The summed E-state index contributed by atoms with van der Waals surface area (Å²) in [6.45, 7) is 3.86. The minimum absolute atomic E-state index is 0.0411. The fourth-order valence-corrected chi connectivity index (χ4v) is 2.30. The molecule has 0 heterocycles. The maximum Gasteiger partial charge on any atom is 0.253 e. The molecule has 0 saturated heterocycles. The number of hydrogen-bond acceptors (Lipinski definition) is 4. The summed E-state index contributed by atoms with van der Waals surface area (Å²) in [5.74, 6) is 0.252. The van der Waals surface area contributed by atoms with E-state index in [0.717, 1.165) is 0 Å². The zero-order valence-electron chi connectivity index (χ0n) is 11.4. The van der Waals surface area contributed by atoms with E-state index in [0.29, 0.717) is 23.4 Å². The second kappa shape index (κ2) is 4.74. The van der Waals surface area contributed by atoms with Crippen molar-refractivity contribution in [2.45, 2.75) is 32.4 Å². The first kappa shape index (κ1) is 13.7. The SMILES string of the molecule is COc1cccc(C(=O)NC2CC(O)C2(C)C)c1N. The second-order valence-corrected chi connectivity index (χ2v) is 5.52. The van der Waals surface area contributed by atoms with Crippen LogP contribution in [0.25, 0.3) is 0 Å². The number of ether oxygens (including phenoxy) is 1. The van der Waals surface area contributed by atoms with Crippen LogP contribution >= 0.6 is 0 Å². The standard InChI is InChI=1S/C14H20N2O3/c1-14(2)10(7-11(14)17)16-13(18)8-5-4-6-9(19-3)12(8)15/h4-6,10-11,17H,7,15H2,1-3H3,(H,16,18). The molecule has 0 radical (unpaired) electrons. The third-order valence-corrected chi connectivity index (χ3v) is 4.05. The number of amides is 1. The first-order valence-electron chi connectivity index (χ1n) is 6.29. The normalized spacial score (nSPS) is 24.4. The summed E-state index contributed by atoms with van der Waals surface area (Å²) >= 11 is 0. The quantitative estimate of drug-likeness (QED) is 0.715. The van der Waals surface area contributed by atoms with Gasteiger partial charge in [0.15, 0.2) is 0 Å². The van der Waals surface area contributed by atoms with Crippen molar-refractivity contribution < 1.29 is 14.6 Å². The van der Waals surface area contributed by atoms with Crippen LogP contribution in [0.1, 0.15) is 30.6 Å². The fourth-order valence-electron chi connectivity index (χ4n) is 2.30. The molecule has 1 aliphatic rings. The molecule has 0 aromatic heterocycles. The van der Waals surface area contributed by atoms with Crippen LogP contribution in [-0.4, -0.2) is 30.3 Å². The number of nitrogens with one attached hydrogen (secondary N) is 1. The number of rotatable bonds is 3. The Morgan fingerprint density at radius 3 is 2.74 bits per heavy atom. The largest absolute Gasteiger partial charge is 0.495 e. The van der Waals surface area contributed by atoms with E-state index in [9.17, 15) is 9.90 Å². The highest BCUT2D eigenvalue weighted by atomic mass is 16.5. The summed E-state index contributed by atoms with van der Waals surface area (Å²) in [6.07, 6.45) is 0.197. The first-order chi connectivity index (χ1) is 8.87. The van der Waals surface area contributed by atoms with Crippen LogP contribution in [0.3, 0.4) is 0 Å². The topological polar surface area (TPSA) is 84.6 Å². The molecule has 5 nitrogen and oxygen atoms in total. The number of carbonyl (C=O) groups excluding carboxylic acids is 1. The van der Waals surface area contributed by atoms with Gasteiger partial charge in [0.05, 0.1) is 24.5 Å². The molecule has 4 N–H and O–H groups in total. The van der Waals surface area contributed by atoms with Crippen LogP contribution in [-0.2, 0) is 0 Å². The molecule has 0 spiro atoms. The number of aliphatic hydroxyl groups excluding tert-OH is 1. The Hall–Kier alpha value is -1.75. The Morgan fingerprint density at radius 1 is 1.53 bits per heavy atom. The predicted molar refractivity (Wildman–Crippen MR) is 73.1 cm³/mol. The molecule has 1 aromatic carbocycles. The summed E-state index contributed by atoms with van der Waals surface area (Å²) < 4.78 is 5.09. The number of aliphatic hydroxyl groups is 1. The van der Waals surface area contributed by atoms with Crippen molar-refractivity contribution in [3.05, 3.63) is 23.8 Å². The van der Waals surface area contributed by atoms with Crippen molar-refractivity contribution in [1.29, 1.82) is 0 Å². The van der Waals surface area contributed by atoms with E-state index < -0.39 is 0 Å². The summed E-state index contributed by atoms with van der Waals surface area (Å²) in [6, 6.07) is 5.06. The van der Waals surface area contributed by atoms with E-state index in [-0.39, 0.29) is 23.5 Å². The van der Waals surface area contributed by atoms with Gasteiger partial charge in [-0.05, 0) is 18.6 Å². The monoisotopic (exact) mass is 264 g/mol. The summed E-state index contributed by atoms with van der Waals surface area (Å²) in [5, 5.41) is 12.6. The van der Waals surface area contributed by atoms with Gasteiger partial charge in [-0.3, -0.25) is 4.79 Å². The number of nitrogen functional groups attached to an aromatic ring is 1. The molecule has 19 heavy (non-hydrogen) atoms. The van der Waals surface area contributed by atoms with E-state index in [1.165, 1.54) is 7.11 Å². The van der Waals surface area contributed by atoms with Crippen LogP contribution < -0.4 is 15.8 Å². The van der Waals surface area contributed by atoms with Crippen molar-refractivity contribution in [1.82, 2.24) is 5.32 Å². The summed E-state index contributed by atoms with van der Waals surface area (Å²) in [7, 11) is 1.51. The van der Waals surface area contributed by atoms with E-state index in [4.69, 9.17) is 10.5 Å². The lowest BCUT2D eigenvalue weighted by atomic mass is 9.64. The van der Waals surface area contributed by atoms with Gasteiger partial charge < -0.3 is 20.9 Å². The lowest BCUT2D eigenvalue weighted by Crippen LogP contribution is -2.61. The zero-order valence-corrected chi connectivity index (χ0v) is 11.4. The molecule has 1 fully saturated rings. The molecule has 0 bridgehead atoms. The minimum Gasteiger partial charge on any atom is -0.495 e. The number of para-hydroxylation sites is 1. The Kier molecular flexibility index (Phi) is 3.41. The number of carbonyl (C=O) groups is 1. The van der Waals surface area contributed by atoms with E-state index in [2.05, 4.69) is 5.32 Å². The van der Waals surface area contributed by atoms with Gasteiger partial charge in [0.25, 0.3) is 5.91 Å². The Morgan fingerprint density at radius 2 is 2.21 bits per heavy atom. The van der Waals surface area contributed by atoms with Gasteiger partial charge in [0, 0.05) is 11.5 Å². The molecule has 2 rings (SSSR count). The van der Waals surface area contributed by atoms with Crippen LogP contribution in [0.15, 0.2) is 18.2 Å². The molecule has 0 aliphatic heterocycles.